The third-order valence-electron chi connectivity index (χ3n) is 3.45. The number of carboxylic acids is 1. The van der Waals surface area contributed by atoms with E-state index >= 15 is 0 Å². The van der Waals surface area contributed by atoms with Crippen LogP contribution >= 0.6 is 15.9 Å². The molecule has 0 spiro atoms. The number of benzene rings is 1. The Morgan fingerprint density at radius 2 is 2.26 bits per heavy atom. The maximum Gasteiger partial charge on any atom is 0.308 e. The summed E-state index contributed by atoms with van der Waals surface area (Å²) in [5, 5.41) is 17.9. The molecule has 0 radical (unpaired) electrons. The number of nitrogens with zero attached hydrogens (tertiary/aromatic N) is 2. The van der Waals surface area contributed by atoms with E-state index in [-0.39, 0.29) is 22.5 Å². The van der Waals surface area contributed by atoms with Gasteiger partial charge in [0.15, 0.2) is 5.82 Å². The lowest BCUT2D eigenvalue weighted by molar-refractivity contribution is -0.142. The van der Waals surface area contributed by atoms with Crippen molar-refractivity contribution in [1.29, 1.82) is 5.26 Å². The van der Waals surface area contributed by atoms with Gasteiger partial charge >= 0.3 is 5.97 Å². The average molecular weight is 327 g/mol. The van der Waals surface area contributed by atoms with Crippen molar-refractivity contribution in [3.63, 3.8) is 0 Å². The van der Waals surface area contributed by atoms with Gasteiger partial charge in [0.25, 0.3) is 0 Å². The second-order valence-electron chi connectivity index (χ2n) is 4.70. The zero-order valence-electron chi connectivity index (χ0n) is 10.2. The number of carbonyl (C=O) groups is 1. The lowest BCUT2D eigenvalue weighted by Gasteiger charge is -2.19. The molecule has 1 aliphatic rings. The number of aliphatic carboxylic acids is 1. The molecule has 0 aromatic heterocycles. The molecule has 1 heterocycles. The Labute approximate surface area is 118 Å². The molecule has 1 N–H and O–H groups in total. The predicted octanol–water partition coefficient (Wildman–Crippen LogP) is 2.62. The number of hydrogen-bond acceptors (Lipinski definition) is 3. The Bertz CT molecular complexity index is 570. The molecule has 0 saturated carbocycles. The molecule has 1 saturated heterocycles. The Morgan fingerprint density at radius 3 is 2.79 bits per heavy atom. The monoisotopic (exact) mass is 326 g/mol. The zero-order chi connectivity index (χ0) is 14.2. The van der Waals surface area contributed by atoms with Gasteiger partial charge in [0.2, 0.25) is 0 Å². The summed E-state index contributed by atoms with van der Waals surface area (Å²) >= 11 is 3.06. The van der Waals surface area contributed by atoms with Crippen LogP contribution in [0.25, 0.3) is 0 Å². The van der Waals surface area contributed by atoms with Gasteiger partial charge in [-0.15, -0.1) is 0 Å². The van der Waals surface area contributed by atoms with Crippen molar-refractivity contribution in [2.45, 2.75) is 6.92 Å². The van der Waals surface area contributed by atoms with Crippen LogP contribution in [0.5, 0.6) is 0 Å². The fourth-order valence-electron chi connectivity index (χ4n) is 2.35. The molecule has 2 unspecified atom stereocenters. The van der Waals surface area contributed by atoms with Crippen molar-refractivity contribution in [3.8, 4) is 6.07 Å². The summed E-state index contributed by atoms with van der Waals surface area (Å²) in [6.07, 6.45) is 0. The summed E-state index contributed by atoms with van der Waals surface area (Å²) < 4.78 is 14.3. The van der Waals surface area contributed by atoms with Crippen LogP contribution in [0, 0.1) is 29.0 Å². The van der Waals surface area contributed by atoms with E-state index in [0.29, 0.717) is 12.2 Å². The molecule has 2 rings (SSSR count). The minimum Gasteiger partial charge on any atom is -0.481 e. The molecule has 4 nitrogen and oxygen atoms in total. The summed E-state index contributed by atoms with van der Waals surface area (Å²) in [7, 11) is 0. The summed E-state index contributed by atoms with van der Waals surface area (Å²) in [5.41, 5.74) is 0.560. The number of rotatable bonds is 2. The molecule has 0 bridgehead atoms. The second kappa shape index (κ2) is 5.17. The van der Waals surface area contributed by atoms with Crippen molar-refractivity contribution in [1.82, 2.24) is 0 Å². The number of hydrogen-bond donors (Lipinski definition) is 1. The van der Waals surface area contributed by atoms with Crippen molar-refractivity contribution < 1.29 is 14.3 Å². The van der Waals surface area contributed by atoms with Gasteiger partial charge in [0, 0.05) is 13.1 Å². The lowest BCUT2D eigenvalue weighted by atomic mass is 9.99. The first-order chi connectivity index (χ1) is 8.95. The van der Waals surface area contributed by atoms with Crippen molar-refractivity contribution in [2.24, 2.45) is 11.8 Å². The Balaban J connectivity index is 2.33. The van der Waals surface area contributed by atoms with Gasteiger partial charge in [-0.2, -0.15) is 5.26 Å². The van der Waals surface area contributed by atoms with Gasteiger partial charge in [0.05, 0.1) is 21.6 Å². The fourth-order valence-corrected chi connectivity index (χ4v) is 2.78. The number of halogens is 2. The summed E-state index contributed by atoms with van der Waals surface area (Å²) in [6.45, 7) is 2.62. The van der Waals surface area contributed by atoms with E-state index in [1.54, 1.807) is 4.90 Å². The number of nitriles is 1. The van der Waals surface area contributed by atoms with Crippen LogP contribution in [-0.2, 0) is 4.79 Å². The Hall–Kier alpha value is -1.61. The molecule has 6 heteroatoms. The molecule has 1 aromatic rings. The van der Waals surface area contributed by atoms with Crippen LogP contribution in [0.4, 0.5) is 10.1 Å². The van der Waals surface area contributed by atoms with E-state index in [4.69, 9.17) is 10.4 Å². The Kier molecular flexibility index (Phi) is 3.76. The molecule has 0 aliphatic carbocycles. The highest BCUT2D eigenvalue weighted by Gasteiger charge is 2.36. The molecule has 2 atom stereocenters. The van der Waals surface area contributed by atoms with Crippen LogP contribution in [0.1, 0.15) is 12.5 Å². The van der Waals surface area contributed by atoms with Crippen LogP contribution in [-0.4, -0.2) is 24.2 Å². The molecule has 1 aromatic carbocycles. The highest BCUT2D eigenvalue weighted by atomic mass is 79.9. The van der Waals surface area contributed by atoms with Crippen LogP contribution < -0.4 is 4.90 Å². The van der Waals surface area contributed by atoms with Crippen molar-refractivity contribution >= 4 is 27.6 Å². The van der Waals surface area contributed by atoms with Gasteiger partial charge in [0.1, 0.15) is 6.07 Å². The lowest BCUT2D eigenvalue weighted by Crippen LogP contribution is -2.23. The quantitative estimate of drug-likeness (QED) is 0.907. The minimum absolute atomic E-state index is 0.0358. The predicted molar refractivity (Wildman–Crippen MR) is 71.3 cm³/mol. The first-order valence-electron chi connectivity index (χ1n) is 5.81. The van der Waals surface area contributed by atoms with E-state index in [2.05, 4.69) is 15.9 Å². The molecule has 0 amide bonds. The van der Waals surface area contributed by atoms with Gasteiger partial charge in [-0.25, -0.2) is 4.39 Å². The van der Waals surface area contributed by atoms with E-state index < -0.39 is 17.7 Å². The Morgan fingerprint density at radius 1 is 1.58 bits per heavy atom. The standard InChI is InChI=1S/C13H12BrFN2O2/c1-7-5-17(6-9(7)13(18)19)10-3-2-8(4-16)11(14)12(10)15/h2-3,7,9H,5-6H2,1H3,(H,18,19). The van der Waals surface area contributed by atoms with E-state index in [1.165, 1.54) is 12.1 Å². The first-order valence-corrected chi connectivity index (χ1v) is 6.60. The highest BCUT2D eigenvalue weighted by molar-refractivity contribution is 9.10. The van der Waals surface area contributed by atoms with Crippen molar-refractivity contribution in [3.05, 3.63) is 28.0 Å². The van der Waals surface area contributed by atoms with Gasteiger partial charge in [-0.3, -0.25) is 4.79 Å². The van der Waals surface area contributed by atoms with Crippen LogP contribution in [0.3, 0.4) is 0 Å². The summed E-state index contributed by atoms with van der Waals surface area (Å²) in [5.74, 6) is -1.90. The molecule has 19 heavy (non-hydrogen) atoms. The molecular formula is C13H12BrFN2O2. The van der Waals surface area contributed by atoms with Crippen LogP contribution in [0.2, 0.25) is 0 Å². The van der Waals surface area contributed by atoms with E-state index in [0.717, 1.165) is 0 Å². The third-order valence-corrected chi connectivity index (χ3v) is 4.23. The normalized spacial score (nSPS) is 22.3. The molecule has 1 aliphatic heterocycles. The fraction of sp³-hybridized carbons (Fsp3) is 0.385. The zero-order valence-corrected chi connectivity index (χ0v) is 11.8. The van der Waals surface area contributed by atoms with Crippen LogP contribution in [0.15, 0.2) is 16.6 Å². The van der Waals surface area contributed by atoms with E-state index in [1.807, 2.05) is 13.0 Å². The second-order valence-corrected chi connectivity index (χ2v) is 5.49. The van der Waals surface area contributed by atoms with E-state index in [9.17, 15) is 9.18 Å². The smallest absolute Gasteiger partial charge is 0.308 e. The SMILES string of the molecule is CC1CN(c2ccc(C#N)c(Br)c2F)CC1C(=O)O. The minimum atomic E-state index is -0.858. The molecule has 1 fully saturated rings. The van der Waals surface area contributed by atoms with Gasteiger partial charge in [-0.1, -0.05) is 6.92 Å². The number of carboxylic acid groups (broad SMARTS) is 1. The molecule has 100 valence electrons. The van der Waals surface area contributed by atoms with Gasteiger partial charge in [-0.05, 0) is 34.0 Å². The van der Waals surface area contributed by atoms with Gasteiger partial charge < -0.3 is 10.0 Å². The first kappa shape index (κ1) is 13.8. The average Bonchev–Trinajstić information content (AvgIpc) is 2.74. The topological polar surface area (TPSA) is 64.3 Å². The molecular weight excluding hydrogens is 315 g/mol. The largest absolute Gasteiger partial charge is 0.481 e. The summed E-state index contributed by atoms with van der Waals surface area (Å²) in [6, 6.07) is 4.94. The highest BCUT2D eigenvalue weighted by Crippen LogP contribution is 2.34. The number of anilines is 1. The maximum absolute atomic E-state index is 14.2. The maximum atomic E-state index is 14.2. The van der Waals surface area contributed by atoms with Crippen molar-refractivity contribution in [2.75, 3.05) is 18.0 Å². The third kappa shape index (κ3) is 2.43. The summed E-state index contributed by atoms with van der Waals surface area (Å²) in [4.78, 5) is 12.8.